The van der Waals surface area contributed by atoms with Crippen LogP contribution in [0.15, 0.2) is 0 Å². The number of hydrogen-bond donors (Lipinski definition) is 0. The third-order valence-electron chi connectivity index (χ3n) is 3.35. The first-order chi connectivity index (χ1) is 9.43. The number of rotatable bonds is 3. The molecule has 0 saturated heterocycles. The molecule has 20 heavy (non-hydrogen) atoms. The van der Waals surface area contributed by atoms with E-state index in [4.69, 9.17) is 0 Å². The summed E-state index contributed by atoms with van der Waals surface area (Å²) in [7, 11) is 0. The van der Waals surface area contributed by atoms with Crippen molar-refractivity contribution < 1.29 is 31.5 Å². The maximum absolute atomic E-state index is 13.3. The number of halogens is 5. The molecule has 1 saturated carbocycles. The van der Waals surface area contributed by atoms with Gasteiger partial charge in [0.2, 0.25) is 5.82 Å². The summed E-state index contributed by atoms with van der Waals surface area (Å²) in [6.45, 7) is -0.971. The SMILES string of the molecule is O=C(OCc1c(F)c(F)c(F)c(F)c1F)C1CCCC1. The van der Waals surface area contributed by atoms with Gasteiger partial charge in [0.1, 0.15) is 6.61 Å². The summed E-state index contributed by atoms with van der Waals surface area (Å²) in [5.41, 5.74) is -1.13. The Balaban J connectivity index is 2.15. The molecule has 0 unspecified atom stereocenters. The van der Waals surface area contributed by atoms with Crippen LogP contribution in [-0.4, -0.2) is 5.97 Å². The van der Waals surface area contributed by atoms with Gasteiger partial charge in [0, 0.05) is 0 Å². The van der Waals surface area contributed by atoms with Crippen LogP contribution in [0.2, 0.25) is 0 Å². The largest absolute Gasteiger partial charge is 0.460 e. The van der Waals surface area contributed by atoms with E-state index in [0.717, 1.165) is 12.8 Å². The van der Waals surface area contributed by atoms with E-state index in [1.807, 2.05) is 0 Å². The first-order valence-electron chi connectivity index (χ1n) is 6.10. The number of ether oxygens (including phenoxy) is 1. The monoisotopic (exact) mass is 294 g/mol. The fourth-order valence-electron chi connectivity index (χ4n) is 2.20. The van der Waals surface area contributed by atoms with Crippen molar-refractivity contribution >= 4 is 5.97 Å². The summed E-state index contributed by atoms with van der Waals surface area (Å²) >= 11 is 0. The second kappa shape index (κ2) is 5.76. The molecule has 0 bridgehead atoms. The molecule has 7 heteroatoms. The number of hydrogen-bond acceptors (Lipinski definition) is 2. The molecule has 110 valence electrons. The van der Waals surface area contributed by atoms with Crippen molar-refractivity contribution in [2.24, 2.45) is 5.92 Å². The Kier molecular flexibility index (Phi) is 4.25. The summed E-state index contributed by atoms with van der Waals surface area (Å²) in [5, 5.41) is 0. The van der Waals surface area contributed by atoms with Crippen molar-refractivity contribution in [3.05, 3.63) is 34.6 Å². The number of carbonyl (C=O) groups is 1. The van der Waals surface area contributed by atoms with Crippen LogP contribution in [0.5, 0.6) is 0 Å². The molecule has 0 aliphatic heterocycles. The van der Waals surface area contributed by atoms with Crippen LogP contribution >= 0.6 is 0 Å². The predicted octanol–water partition coefficient (Wildman–Crippen LogP) is 3.62. The highest BCUT2D eigenvalue weighted by atomic mass is 19.2. The Morgan fingerprint density at radius 2 is 1.35 bits per heavy atom. The topological polar surface area (TPSA) is 26.3 Å². The molecule has 0 heterocycles. The maximum atomic E-state index is 13.3. The van der Waals surface area contributed by atoms with Crippen LogP contribution in [-0.2, 0) is 16.1 Å². The summed E-state index contributed by atoms with van der Waals surface area (Å²) in [6.07, 6.45) is 2.91. The molecule has 0 radical (unpaired) electrons. The molecule has 0 spiro atoms. The van der Waals surface area contributed by atoms with Gasteiger partial charge in [-0.05, 0) is 12.8 Å². The summed E-state index contributed by atoms with van der Waals surface area (Å²) in [4.78, 5) is 11.5. The lowest BCUT2D eigenvalue weighted by molar-refractivity contribution is -0.149. The van der Waals surface area contributed by atoms with E-state index in [9.17, 15) is 26.7 Å². The molecule has 1 aliphatic rings. The lowest BCUT2D eigenvalue weighted by atomic mass is 10.1. The highest BCUT2D eigenvalue weighted by molar-refractivity contribution is 5.72. The minimum absolute atomic E-state index is 0.365. The molecule has 2 rings (SSSR count). The molecule has 0 N–H and O–H groups in total. The third-order valence-corrected chi connectivity index (χ3v) is 3.35. The molecular formula is C13H11F5O2. The van der Waals surface area contributed by atoms with Crippen LogP contribution in [0.1, 0.15) is 31.2 Å². The zero-order chi connectivity index (χ0) is 14.9. The highest BCUT2D eigenvalue weighted by Gasteiger charge is 2.28. The smallest absolute Gasteiger partial charge is 0.309 e. The van der Waals surface area contributed by atoms with Crippen molar-refractivity contribution in [1.29, 1.82) is 0 Å². The zero-order valence-electron chi connectivity index (χ0n) is 10.3. The van der Waals surface area contributed by atoms with Crippen molar-refractivity contribution in [3.63, 3.8) is 0 Å². The molecule has 0 atom stereocenters. The van der Waals surface area contributed by atoms with Gasteiger partial charge in [0.15, 0.2) is 23.3 Å². The molecule has 1 aromatic carbocycles. The molecule has 1 fully saturated rings. The first kappa shape index (κ1) is 14.7. The summed E-state index contributed by atoms with van der Waals surface area (Å²) < 4.78 is 69.9. The fourth-order valence-corrected chi connectivity index (χ4v) is 2.20. The molecule has 0 aromatic heterocycles. The van der Waals surface area contributed by atoms with E-state index in [0.29, 0.717) is 12.8 Å². The van der Waals surface area contributed by atoms with Gasteiger partial charge in [0.25, 0.3) is 0 Å². The van der Waals surface area contributed by atoms with E-state index in [2.05, 4.69) is 4.74 Å². The quantitative estimate of drug-likeness (QED) is 0.368. The Hall–Kier alpha value is -1.66. The van der Waals surface area contributed by atoms with E-state index in [-0.39, 0.29) is 5.92 Å². The average molecular weight is 294 g/mol. The summed E-state index contributed by atoms with van der Waals surface area (Å²) in [6, 6.07) is 0. The normalized spacial score (nSPS) is 15.7. The van der Waals surface area contributed by atoms with E-state index in [1.165, 1.54) is 0 Å². The van der Waals surface area contributed by atoms with Crippen molar-refractivity contribution in [2.45, 2.75) is 32.3 Å². The van der Waals surface area contributed by atoms with Gasteiger partial charge >= 0.3 is 5.97 Å². The molecule has 2 nitrogen and oxygen atoms in total. The second-order valence-corrected chi connectivity index (χ2v) is 4.64. The van der Waals surface area contributed by atoms with Crippen LogP contribution in [0.25, 0.3) is 0 Å². The molecule has 1 aliphatic carbocycles. The van der Waals surface area contributed by atoms with Crippen molar-refractivity contribution in [1.82, 2.24) is 0 Å². The van der Waals surface area contributed by atoms with Gasteiger partial charge in [-0.25, -0.2) is 22.0 Å². The highest BCUT2D eigenvalue weighted by Crippen LogP contribution is 2.27. The molecule has 1 aromatic rings. The second-order valence-electron chi connectivity index (χ2n) is 4.64. The van der Waals surface area contributed by atoms with Crippen molar-refractivity contribution in [2.75, 3.05) is 0 Å². The van der Waals surface area contributed by atoms with E-state index < -0.39 is 47.2 Å². The van der Waals surface area contributed by atoms with E-state index >= 15 is 0 Å². The summed E-state index contributed by atoms with van der Waals surface area (Å²) in [5.74, 6) is -11.3. The molecule has 0 amide bonds. The van der Waals surface area contributed by atoms with Crippen LogP contribution in [0, 0.1) is 35.0 Å². The average Bonchev–Trinajstić information content (AvgIpc) is 2.97. The third kappa shape index (κ3) is 2.62. The molecular weight excluding hydrogens is 283 g/mol. The lowest BCUT2D eigenvalue weighted by Crippen LogP contribution is -2.16. The van der Waals surface area contributed by atoms with Gasteiger partial charge < -0.3 is 4.74 Å². The van der Waals surface area contributed by atoms with Crippen LogP contribution in [0.4, 0.5) is 22.0 Å². The van der Waals surface area contributed by atoms with Crippen LogP contribution in [0.3, 0.4) is 0 Å². The maximum Gasteiger partial charge on any atom is 0.309 e. The Morgan fingerprint density at radius 1 is 0.900 bits per heavy atom. The lowest BCUT2D eigenvalue weighted by Gasteiger charge is -2.11. The number of benzene rings is 1. The van der Waals surface area contributed by atoms with Gasteiger partial charge in [-0.15, -0.1) is 0 Å². The zero-order valence-corrected chi connectivity index (χ0v) is 10.3. The van der Waals surface area contributed by atoms with Crippen LogP contribution < -0.4 is 0 Å². The van der Waals surface area contributed by atoms with Gasteiger partial charge in [-0.1, -0.05) is 12.8 Å². The number of carbonyl (C=O) groups excluding carboxylic acids is 1. The first-order valence-corrected chi connectivity index (χ1v) is 6.10. The minimum Gasteiger partial charge on any atom is -0.460 e. The van der Waals surface area contributed by atoms with Crippen molar-refractivity contribution in [3.8, 4) is 0 Å². The van der Waals surface area contributed by atoms with Gasteiger partial charge in [-0.2, -0.15) is 0 Å². The van der Waals surface area contributed by atoms with E-state index in [1.54, 1.807) is 0 Å². The number of esters is 1. The van der Waals surface area contributed by atoms with Gasteiger partial charge in [-0.3, -0.25) is 4.79 Å². The minimum atomic E-state index is -2.23. The van der Waals surface area contributed by atoms with Gasteiger partial charge in [0.05, 0.1) is 11.5 Å². The Bertz CT molecular complexity index is 509. The predicted molar refractivity (Wildman–Crippen MR) is 58.0 cm³/mol. The standard InChI is InChI=1S/C13H11F5O2/c14-8-7(9(15)11(17)12(18)10(8)16)5-20-13(19)6-3-1-2-4-6/h6H,1-5H2. The Labute approximate surface area is 111 Å². The fraction of sp³-hybridized carbons (Fsp3) is 0.462. The Morgan fingerprint density at radius 3 is 1.85 bits per heavy atom.